The lowest BCUT2D eigenvalue weighted by atomic mass is 9.98. The number of aliphatic hydroxyl groups is 1. The van der Waals surface area contributed by atoms with Crippen LogP contribution in [0.5, 0.6) is 0 Å². The van der Waals surface area contributed by atoms with Crippen molar-refractivity contribution in [1.82, 2.24) is 4.90 Å². The second kappa shape index (κ2) is 3.77. The summed E-state index contributed by atoms with van der Waals surface area (Å²) in [5, 5.41) is 9.67. The van der Waals surface area contributed by atoms with Crippen molar-refractivity contribution >= 4 is 6.09 Å². The van der Waals surface area contributed by atoms with E-state index in [0.717, 1.165) is 0 Å². The van der Waals surface area contributed by atoms with Crippen molar-refractivity contribution < 1.29 is 14.6 Å². The lowest BCUT2D eigenvalue weighted by Gasteiger charge is -2.24. The van der Waals surface area contributed by atoms with E-state index in [0.29, 0.717) is 19.0 Å². The molecule has 4 nitrogen and oxygen atoms in total. The molecule has 1 heterocycles. The van der Waals surface area contributed by atoms with Crippen LogP contribution in [0.15, 0.2) is 12.2 Å². The van der Waals surface area contributed by atoms with Crippen LogP contribution in [-0.4, -0.2) is 40.9 Å². The van der Waals surface area contributed by atoms with Gasteiger partial charge >= 0.3 is 6.09 Å². The Morgan fingerprint density at radius 3 is 2.62 bits per heavy atom. The molecule has 90 valence electrons. The highest BCUT2D eigenvalue weighted by atomic mass is 16.6. The first-order valence-electron chi connectivity index (χ1n) is 5.71. The number of rotatable bonds is 0. The van der Waals surface area contributed by atoms with Crippen molar-refractivity contribution in [2.75, 3.05) is 13.1 Å². The van der Waals surface area contributed by atoms with Crippen LogP contribution in [0.2, 0.25) is 0 Å². The molecule has 0 aromatic heterocycles. The van der Waals surface area contributed by atoms with Crippen molar-refractivity contribution in [1.29, 1.82) is 0 Å². The second-order valence-corrected chi connectivity index (χ2v) is 5.59. The van der Waals surface area contributed by atoms with Crippen molar-refractivity contribution in [3.63, 3.8) is 0 Å². The van der Waals surface area contributed by atoms with E-state index in [9.17, 15) is 9.90 Å². The van der Waals surface area contributed by atoms with Gasteiger partial charge in [0, 0.05) is 24.9 Å². The number of likely N-dealkylation sites (tertiary alicyclic amines) is 1. The molecule has 1 fully saturated rings. The van der Waals surface area contributed by atoms with Gasteiger partial charge in [0.15, 0.2) is 0 Å². The van der Waals surface area contributed by atoms with Gasteiger partial charge in [-0.2, -0.15) is 0 Å². The predicted octanol–water partition coefficient (Wildman–Crippen LogP) is 1.40. The summed E-state index contributed by atoms with van der Waals surface area (Å²) in [6, 6.07) is 0. The Morgan fingerprint density at radius 1 is 1.38 bits per heavy atom. The minimum absolute atomic E-state index is 0.160. The average molecular weight is 225 g/mol. The number of carbonyl (C=O) groups excluding carboxylic acids is 1. The summed E-state index contributed by atoms with van der Waals surface area (Å²) in [7, 11) is 0. The molecule has 16 heavy (non-hydrogen) atoms. The zero-order valence-corrected chi connectivity index (χ0v) is 10.0. The number of nitrogens with zero attached hydrogens (tertiary/aromatic N) is 1. The van der Waals surface area contributed by atoms with E-state index in [-0.39, 0.29) is 12.0 Å². The van der Waals surface area contributed by atoms with Gasteiger partial charge in [0.2, 0.25) is 0 Å². The van der Waals surface area contributed by atoms with Crippen LogP contribution in [0, 0.1) is 11.8 Å². The molecule has 2 aliphatic rings. The molecule has 0 radical (unpaired) electrons. The average Bonchev–Trinajstić information content (AvgIpc) is 2.65. The summed E-state index contributed by atoms with van der Waals surface area (Å²) >= 11 is 0. The van der Waals surface area contributed by atoms with Crippen molar-refractivity contribution in [3.05, 3.63) is 12.2 Å². The van der Waals surface area contributed by atoms with Crippen LogP contribution in [0.4, 0.5) is 4.79 Å². The molecule has 1 aliphatic carbocycles. The number of carbonyl (C=O) groups is 1. The Kier molecular flexibility index (Phi) is 2.70. The maximum atomic E-state index is 11.8. The maximum absolute atomic E-state index is 11.8. The lowest BCUT2D eigenvalue weighted by Crippen LogP contribution is -2.36. The molecular weight excluding hydrogens is 206 g/mol. The second-order valence-electron chi connectivity index (χ2n) is 5.59. The SMILES string of the molecule is CC(C)(C)OC(=O)N1C[C@@H]2[C@H](O)C=C[C@@H]2C1. The number of amides is 1. The summed E-state index contributed by atoms with van der Waals surface area (Å²) in [4.78, 5) is 13.5. The van der Waals surface area contributed by atoms with Gasteiger partial charge in [-0.15, -0.1) is 0 Å². The molecule has 0 aromatic rings. The van der Waals surface area contributed by atoms with Gasteiger partial charge in [0.25, 0.3) is 0 Å². The fourth-order valence-electron chi connectivity index (χ4n) is 2.29. The Labute approximate surface area is 95.9 Å². The van der Waals surface area contributed by atoms with Crippen LogP contribution in [0.3, 0.4) is 0 Å². The molecule has 0 saturated carbocycles. The Balaban J connectivity index is 1.94. The van der Waals surface area contributed by atoms with E-state index in [1.165, 1.54) is 0 Å². The van der Waals surface area contributed by atoms with Gasteiger partial charge in [-0.05, 0) is 20.8 Å². The molecule has 1 N–H and O–H groups in total. The van der Waals surface area contributed by atoms with Gasteiger partial charge in [0.1, 0.15) is 5.60 Å². The minimum atomic E-state index is -0.455. The highest BCUT2D eigenvalue weighted by Crippen LogP contribution is 2.33. The van der Waals surface area contributed by atoms with E-state index < -0.39 is 11.7 Å². The van der Waals surface area contributed by atoms with Crippen LogP contribution >= 0.6 is 0 Å². The maximum Gasteiger partial charge on any atom is 0.410 e. The van der Waals surface area contributed by atoms with Gasteiger partial charge in [-0.1, -0.05) is 12.2 Å². The third-order valence-corrected chi connectivity index (χ3v) is 3.06. The zero-order valence-electron chi connectivity index (χ0n) is 10.0. The molecular formula is C12H19NO3. The molecule has 1 saturated heterocycles. The fourth-order valence-corrected chi connectivity index (χ4v) is 2.29. The van der Waals surface area contributed by atoms with E-state index >= 15 is 0 Å². The molecule has 0 bridgehead atoms. The standard InChI is InChI=1S/C12H19NO3/c1-12(2,3)16-11(15)13-6-8-4-5-10(14)9(8)7-13/h4-5,8-10,14H,6-7H2,1-3H3/t8-,9+,10-/m1/s1. The lowest BCUT2D eigenvalue weighted by molar-refractivity contribution is 0.0275. The largest absolute Gasteiger partial charge is 0.444 e. The quantitative estimate of drug-likeness (QED) is 0.634. The number of aliphatic hydroxyl groups excluding tert-OH is 1. The topological polar surface area (TPSA) is 49.8 Å². The molecule has 1 amide bonds. The monoisotopic (exact) mass is 225 g/mol. The third kappa shape index (κ3) is 2.21. The van der Waals surface area contributed by atoms with Crippen LogP contribution in [-0.2, 0) is 4.74 Å². The van der Waals surface area contributed by atoms with Crippen LogP contribution in [0.25, 0.3) is 0 Å². The molecule has 4 heteroatoms. The highest BCUT2D eigenvalue weighted by molar-refractivity contribution is 5.68. The van der Waals surface area contributed by atoms with Crippen molar-refractivity contribution in [3.8, 4) is 0 Å². The summed E-state index contributed by atoms with van der Waals surface area (Å²) < 4.78 is 5.30. The van der Waals surface area contributed by atoms with Gasteiger partial charge in [-0.25, -0.2) is 4.79 Å². The molecule has 0 unspecified atom stereocenters. The fraction of sp³-hybridized carbons (Fsp3) is 0.750. The first-order valence-corrected chi connectivity index (χ1v) is 5.71. The van der Waals surface area contributed by atoms with Crippen LogP contribution in [0.1, 0.15) is 20.8 Å². The van der Waals surface area contributed by atoms with Crippen molar-refractivity contribution in [2.45, 2.75) is 32.5 Å². The molecule has 0 spiro atoms. The Morgan fingerprint density at radius 2 is 2.06 bits per heavy atom. The third-order valence-electron chi connectivity index (χ3n) is 3.06. The smallest absolute Gasteiger partial charge is 0.410 e. The summed E-state index contributed by atoms with van der Waals surface area (Å²) in [6.07, 6.45) is 3.14. The zero-order chi connectivity index (χ0) is 11.9. The first kappa shape index (κ1) is 11.5. The van der Waals surface area contributed by atoms with Crippen LogP contribution < -0.4 is 0 Å². The van der Waals surface area contributed by atoms with Gasteiger partial charge in [-0.3, -0.25) is 0 Å². The number of hydrogen-bond donors (Lipinski definition) is 1. The first-order chi connectivity index (χ1) is 7.37. The van der Waals surface area contributed by atoms with E-state index in [2.05, 4.69) is 0 Å². The van der Waals surface area contributed by atoms with Crippen molar-refractivity contribution in [2.24, 2.45) is 11.8 Å². The number of ether oxygens (including phenoxy) is 1. The normalized spacial score (nSPS) is 33.0. The summed E-state index contributed by atoms with van der Waals surface area (Å²) in [5.41, 5.74) is -0.455. The summed E-state index contributed by atoms with van der Waals surface area (Å²) in [5.74, 6) is 0.454. The predicted molar refractivity (Wildman–Crippen MR) is 59.9 cm³/mol. The van der Waals surface area contributed by atoms with Gasteiger partial charge < -0.3 is 14.7 Å². The van der Waals surface area contributed by atoms with E-state index in [1.807, 2.05) is 32.9 Å². The number of hydrogen-bond acceptors (Lipinski definition) is 3. The Bertz CT molecular complexity index is 319. The van der Waals surface area contributed by atoms with Gasteiger partial charge in [0.05, 0.1) is 6.10 Å². The van der Waals surface area contributed by atoms with E-state index in [4.69, 9.17) is 4.74 Å². The highest BCUT2D eigenvalue weighted by Gasteiger charge is 2.41. The Hall–Kier alpha value is -1.03. The molecule has 1 aliphatic heterocycles. The molecule has 2 rings (SSSR count). The molecule has 3 atom stereocenters. The van der Waals surface area contributed by atoms with E-state index in [1.54, 1.807) is 4.90 Å². The molecule has 0 aromatic carbocycles. The minimum Gasteiger partial charge on any atom is -0.444 e. The summed E-state index contributed by atoms with van der Waals surface area (Å²) in [6.45, 7) is 6.82. The number of fused-ring (bicyclic) bond motifs is 1.